The summed E-state index contributed by atoms with van der Waals surface area (Å²) in [6.07, 6.45) is 2.35. The minimum absolute atomic E-state index is 0.0138. The number of rotatable bonds is 6. The standard InChI is InChI=1S/C19H21ClFN3O5S2/c1-30(26,27)24-10-2-3-15(12-24)22-19(25)13-4-9-17(20)18(11-13)23-31(28,29)16-7-5-14(21)6-8-16/h4-9,11,15,23H,2-3,10,12H2,1H3,(H,22,25). The van der Waals surface area contributed by atoms with Crippen LogP contribution < -0.4 is 10.0 Å². The van der Waals surface area contributed by atoms with E-state index in [4.69, 9.17) is 11.6 Å². The first kappa shape index (κ1) is 23.5. The molecule has 1 saturated heterocycles. The summed E-state index contributed by atoms with van der Waals surface area (Å²) >= 11 is 6.09. The number of hydrogen-bond donors (Lipinski definition) is 2. The third-order valence-electron chi connectivity index (χ3n) is 4.79. The van der Waals surface area contributed by atoms with Gasteiger partial charge in [-0.2, -0.15) is 0 Å². The first-order valence-electron chi connectivity index (χ1n) is 9.29. The van der Waals surface area contributed by atoms with Crippen LogP contribution >= 0.6 is 11.6 Å². The average molecular weight is 490 g/mol. The van der Waals surface area contributed by atoms with Crippen molar-refractivity contribution in [1.82, 2.24) is 9.62 Å². The van der Waals surface area contributed by atoms with Gasteiger partial charge in [0.15, 0.2) is 0 Å². The van der Waals surface area contributed by atoms with Gasteiger partial charge < -0.3 is 5.32 Å². The van der Waals surface area contributed by atoms with E-state index in [1.165, 1.54) is 22.5 Å². The zero-order chi connectivity index (χ0) is 22.8. The van der Waals surface area contributed by atoms with Gasteiger partial charge >= 0.3 is 0 Å². The Morgan fingerprint density at radius 2 is 1.81 bits per heavy atom. The van der Waals surface area contributed by atoms with Gasteiger partial charge in [0.1, 0.15) is 5.82 Å². The number of halogens is 2. The molecule has 0 aliphatic carbocycles. The summed E-state index contributed by atoms with van der Waals surface area (Å²) in [5, 5.41) is 2.85. The van der Waals surface area contributed by atoms with Crippen molar-refractivity contribution in [3.63, 3.8) is 0 Å². The summed E-state index contributed by atoms with van der Waals surface area (Å²) in [5.41, 5.74) is 0.137. The largest absolute Gasteiger partial charge is 0.348 e. The summed E-state index contributed by atoms with van der Waals surface area (Å²) in [4.78, 5) is 12.5. The van der Waals surface area contributed by atoms with Crippen molar-refractivity contribution < 1.29 is 26.0 Å². The quantitative estimate of drug-likeness (QED) is 0.647. The fraction of sp³-hybridized carbons (Fsp3) is 0.316. The first-order valence-corrected chi connectivity index (χ1v) is 13.0. The Balaban J connectivity index is 1.76. The van der Waals surface area contributed by atoms with E-state index in [9.17, 15) is 26.0 Å². The number of nitrogens with one attached hydrogen (secondary N) is 2. The van der Waals surface area contributed by atoms with Gasteiger partial charge in [-0.05, 0) is 55.3 Å². The third-order valence-corrected chi connectivity index (χ3v) is 7.77. The summed E-state index contributed by atoms with van der Waals surface area (Å²) in [6.45, 7) is 0.573. The fourth-order valence-corrected chi connectivity index (χ4v) is 5.40. The molecule has 0 saturated carbocycles. The zero-order valence-corrected chi connectivity index (χ0v) is 18.9. The number of carbonyl (C=O) groups is 1. The molecular formula is C19H21ClFN3O5S2. The predicted octanol–water partition coefficient (Wildman–Crippen LogP) is 2.43. The van der Waals surface area contributed by atoms with E-state index in [1.54, 1.807) is 0 Å². The second-order valence-electron chi connectivity index (χ2n) is 7.19. The molecule has 1 aliphatic rings. The van der Waals surface area contributed by atoms with Crippen LogP contribution in [0.15, 0.2) is 47.4 Å². The van der Waals surface area contributed by atoms with Crippen LogP contribution in [-0.2, 0) is 20.0 Å². The van der Waals surface area contributed by atoms with E-state index < -0.39 is 31.8 Å². The van der Waals surface area contributed by atoms with Gasteiger partial charge in [-0.15, -0.1) is 0 Å². The number of carbonyl (C=O) groups excluding carboxylic acids is 1. The molecule has 31 heavy (non-hydrogen) atoms. The second kappa shape index (κ2) is 9.11. The smallest absolute Gasteiger partial charge is 0.261 e. The highest BCUT2D eigenvalue weighted by Gasteiger charge is 2.27. The van der Waals surface area contributed by atoms with E-state index in [-0.39, 0.29) is 33.8 Å². The summed E-state index contributed by atoms with van der Waals surface area (Å²) in [5.74, 6) is -1.06. The Hall–Kier alpha value is -2.21. The number of sulfonamides is 2. The lowest BCUT2D eigenvalue weighted by molar-refractivity contribution is 0.0921. The normalized spacial score (nSPS) is 17.8. The number of piperidine rings is 1. The predicted molar refractivity (Wildman–Crippen MR) is 116 cm³/mol. The molecule has 1 aliphatic heterocycles. The molecule has 0 spiro atoms. The van der Waals surface area contributed by atoms with Crippen molar-refractivity contribution in [2.45, 2.75) is 23.8 Å². The van der Waals surface area contributed by atoms with Gasteiger partial charge in [0.25, 0.3) is 15.9 Å². The molecule has 8 nitrogen and oxygen atoms in total. The highest BCUT2D eigenvalue weighted by Crippen LogP contribution is 2.26. The van der Waals surface area contributed by atoms with Gasteiger partial charge in [-0.25, -0.2) is 25.5 Å². The maximum absolute atomic E-state index is 13.1. The molecule has 1 unspecified atom stereocenters. The maximum atomic E-state index is 13.1. The van der Waals surface area contributed by atoms with Crippen LogP contribution in [0, 0.1) is 5.82 Å². The SMILES string of the molecule is CS(=O)(=O)N1CCCC(NC(=O)c2ccc(Cl)c(NS(=O)(=O)c3ccc(F)cc3)c2)C1. The van der Waals surface area contributed by atoms with Crippen molar-refractivity contribution in [2.75, 3.05) is 24.1 Å². The van der Waals surface area contributed by atoms with E-state index in [2.05, 4.69) is 10.0 Å². The molecule has 3 rings (SSSR count). The molecule has 1 amide bonds. The van der Waals surface area contributed by atoms with Gasteiger partial charge in [-0.3, -0.25) is 9.52 Å². The minimum atomic E-state index is -4.05. The number of benzene rings is 2. The van der Waals surface area contributed by atoms with Crippen LogP contribution in [0.2, 0.25) is 5.02 Å². The molecule has 2 aromatic rings. The minimum Gasteiger partial charge on any atom is -0.348 e. The van der Waals surface area contributed by atoms with Gasteiger partial charge in [0.2, 0.25) is 10.0 Å². The molecule has 12 heteroatoms. The molecule has 0 radical (unpaired) electrons. The Kier molecular flexibility index (Phi) is 6.89. The van der Waals surface area contributed by atoms with Crippen molar-refractivity contribution in [1.29, 1.82) is 0 Å². The van der Waals surface area contributed by atoms with Crippen LogP contribution in [0.4, 0.5) is 10.1 Å². The lowest BCUT2D eigenvalue weighted by Gasteiger charge is -2.31. The van der Waals surface area contributed by atoms with Crippen molar-refractivity contribution >= 4 is 43.2 Å². The monoisotopic (exact) mass is 489 g/mol. The van der Waals surface area contributed by atoms with E-state index in [0.717, 1.165) is 30.5 Å². The van der Waals surface area contributed by atoms with Crippen LogP contribution in [-0.4, -0.2) is 52.4 Å². The van der Waals surface area contributed by atoms with E-state index in [1.807, 2.05) is 0 Å². The third kappa shape index (κ3) is 5.94. The second-order valence-corrected chi connectivity index (χ2v) is 11.3. The van der Waals surface area contributed by atoms with Crippen molar-refractivity contribution in [3.8, 4) is 0 Å². The first-order chi connectivity index (χ1) is 14.5. The van der Waals surface area contributed by atoms with Gasteiger partial charge in [0, 0.05) is 24.7 Å². The van der Waals surface area contributed by atoms with Crippen molar-refractivity contribution in [2.24, 2.45) is 0 Å². The van der Waals surface area contributed by atoms with E-state index in [0.29, 0.717) is 19.4 Å². The topological polar surface area (TPSA) is 113 Å². The van der Waals surface area contributed by atoms with Crippen LogP contribution in [0.5, 0.6) is 0 Å². The lowest BCUT2D eigenvalue weighted by atomic mass is 10.1. The average Bonchev–Trinajstić information content (AvgIpc) is 2.69. The highest BCUT2D eigenvalue weighted by atomic mass is 35.5. The van der Waals surface area contributed by atoms with Crippen LogP contribution in [0.1, 0.15) is 23.2 Å². The Labute approximate surface area is 185 Å². The summed E-state index contributed by atoms with van der Waals surface area (Å²) < 4.78 is 65.3. The Morgan fingerprint density at radius 1 is 1.13 bits per heavy atom. The number of hydrogen-bond acceptors (Lipinski definition) is 5. The van der Waals surface area contributed by atoms with E-state index >= 15 is 0 Å². The highest BCUT2D eigenvalue weighted by molar-refractivity contribution is 7.92. The Bertz CT molecular complexity index is 1190. The van der Waals surface area contributed by atoms with Gasteiger partial charge in [-0.1, -0.05) is 11.6 Å². The zero-order valence-electron chi connectivity index (χ0n) is 16.5. The molecule has 168 valence electrons. The maximum Gasteiger partial charge on any atom is 0.261 e. The molecule has 0 aromatic heterocycles. The number of nitrogens with zero attached hydrogens (tertiary/aromatic N) is 1. The lowest BCUT2D eigenvalue weighted by Crippen LogP contribution is -2.49. The van der Waals surface area contributed by atoms with Crippen LogP contribution in [0.3, 0.4) is 0 Å². The number of anilines is 1. The molecular weight excluding hydrogens is 469 g/mol. The summed E-state index contributed by atoms with van der Waals surface area (Å²) in [7, 11) is -7.41. The molecule has 0 bridgehead atoms. The molecule has 1 heterocycles. The molecule has 2 N–H and O–H groups in total. The fourth-order valence-electron chi connectivity index (χ4n) is 3.19. The van der Waals surface area contributed by atoms with Crippen molar-refractivity contribution in [3.05, 3.63) is 58.9 Å². The molecule has 1 fully saturated rings. The number of amides is 1. The Morgan fingerprint density at radius 3 is 2.45 bits per heavy atom. The summed E-state index contributed by atoms with van der Waals surface area (Å²) in [6, 6.07) is 7.99. The van der Waals surface area contributed by atoms with Crippen LogP contribution in [0.25, 0.3) is 0 Å². The molecule has 2 aromatic carbocycles. The van der Waals surface area contributed by atoms with Gasteiger partial charge in [0.05, 0.1) is 21.9 Å². The molecule has 1 atom stereocenters.